The number of fused-ring (bicyclic) bond motifs is 1. The average Bonchev–Trinajstić information content (AvgIpc) is 2.58. The van der Waals surface area contributed by atoms with Gasteiger partial charge in [-0.3, -0.25) is 0 Å². The molecule has 0 unspecified atom stereocenters. The molecule has 1 aromatic carbocycles. The molecule has 4 heteroatoms. The minimum atomic E-state index is -0.460. The molecule has 2 rings (SSSR count). The predicted molar refractivity (Wildman–Crippen MR) is 55.1 cm³/mol. The van der Waals surface area contributed by atoms with E-state index in [2.05, 4.69) is 4.98 Å². The maximum atomic E-state index is 12.2. The second kappa shape index (κ2) is 3.60. The number of rotatable bonds is 2. The van der Waals surface area contributed by atoms with Crippen LogP contribution in [0, 0.1) is 0 Å². The number of thioether (sulfide) groups is 1. The van der Waals surface area contributed by atoms with Crippen molar-refractivity contribution in [2.75, 3.05) is 6.01 Å². The van der Waals surface area contributed by atoms with Crippen LogP contribution in [0.5, 0.6) is 0 Å². The second-order valence-corrected chi connectivity index (χ2v) is 3.89. The molecule has 0 saturated carbocycles. The van der Waals surface area contributed by atoms with Crippen molar-refractivity contribution in [3.63, 3.8) is 0 Å². The van der Waals surface area contributed by atoms with Gasteiger partial charge in [-0.1, -0.05) is 29.4 Å². The average molecular weight is 216 g/mol. The van der Waals surface area contributed by atoms with E-state index in [0.29, 0.717) is 5.02 Å². The third-order valence-corrected chi connectivity index (χ3v) is 3.08. The molecule has 1 heterocycles. The van der Waals surface area contributed by atoms with Crippen LogP contribution in [-0.2, 0) is 0 Å². The van der Waals surface area contributed by atoms with Gasteiger partial charge in [0.1, 0.15) is 6.01 Å². The summed E-state index contributed by atoms with van der Waals surface area (Å²) < 4.78 is 12.2. The van der Waals surface area contributed by atoms with Gasteiger partial charge in [0.05, 0.1) is 15.4 Å². The SMILES string of the molecule is FCSc1c(Cl)ccc2cc[nH]c12. The van der Waals surface area contributed by atoms with Gasteiger partial charge < -0.3 is 4.98 Å². The fraction of sp³-hybridized carbons (Fsp3) is 0.111. The normalized spacial score (nSPS) is 10.9. The number of halogens is 2. The molecule has 0 amide bonds. The number of hydrogen-bond acceptors (Lipinski definition) is 1. The molecule has 1 aromatic heterocycles. The van der Waals surface area contributed by atoms with Gasteiger partial charge in [0.15, 0.2) is 0 Å². The minimum absolute atomic E-state index is 0.460. The summed E-state index contributed by atoms with van der Waals surface area (Å²) in [6.07, 6.45) is 1.82. The number of aromatic nitrogens is 1. The van der Waals surface area contributed by atoms with Gasteiger partial charge in [-0.15, -0.1) is 0 Å². The lowest BCUT2D eigenvalue weighted by Gasteiger charge is -2.02. The fourth-order valence-corrected chi connectivity index (χ4v) is 2.23. The zero-order valence-electron chi connectivity index (χ0n) is 6.68. The first kappa shape index (κ1) is 8.91. The molecule has 0 aliphatic carbocycles. The molecule has 0 atom stereocenters. The molecular weight excluding hydrogens is 209 g/mol. The van der Waals surface area contributed by atoms with E-state index in [-0.39, 0.29) is 0 Å². The largest absolute Gasteiger partial charge is 0.360 e. The number of H-pyrrole nitrogens is 1. The van der Waals surface area contributed by atoms with E-state index >= 15 is 0 Å². The smallest absolute Gasteiger partial charge is 0.140 e. The van der Waals surface area contributed by atoms with Gasteiger partial charge in [0.25, 0.3) is 0 Å². The monoisotopic (exact) mass is 215 g/mol. The van der Waals surface area contributed by atoms with Gasteiger partial charge in [-0.05, 0) is 12.1 Å². The summed E-state index contributed by atoms with van der Waals surface area (Å²) >= 11 is 7.04. The van der Waals surface area contributed by atoms with Crippen molar-refractivity contribution in [1.29, 1.82) is 0 Å². The Morgan fingerprint density at radius 2 is 2.23 bits per heavy atom. The van der Waals surface area contributed by atoms with E-state index in [4.69, 9.17) is 11.6 Å². The van der Waals surface area contributed by atoms with E-state index in [0.717, 1.165) is 27.6 Å². The van der Waals surface area contributed by atoms with Crippen LogP contribution in [-0.4, -0.2) is 11.0 Å². The lowest BCUT2D eigenvalue weighted by atomic mass is 10.2. The van der Waals surface area contributed by atoms with Crippen LogP contribution in [0.1, 0.15) is 0 Å². The zero-order valence-corrected chi connectivity index (χ0v) is 8.25. The van der Waals surface area contributed by atoms with Gasteiger partial charge in [-0.25, -0.2) is 4.39 Å². The molecule has 0 radical (unpaired) electrons. The summed E-state index contributed by atoms with van der Waals surface area (Å²) in [7, 11) is 0. The third kappa shape index (κ3) is 1.54. The molecule has 1 N–H and O–H groups in total. The van der Waals surface area contributed by atoms with Gasteiger partial charge in [0.2, 0.25) is 0 Å². The summed E-state index contributed by atoms with van der Waals surface area (Å²) in [5.41, 5.74) is 0.912. The van der Waals surface area contributed by atoms with E-state index < -0.39 is 6.01 Å². The summed E-state index contributed by atoms with van der Waals surface area (Å²) in [5, 5.41) is 1.65. The topological polar surface area (TPSA) is 15.8 Å². The van der Waals surface area contributed by atoms with E-state index in [9.17, 15) is 4.39 Å². The van der Waals surface area contributed by atoms with Crippen molar-refractivity contribution in [3.8, 4) is 0 Å². The number of aromatic amines is 1. The van der Waals surface area contributed by atoms with Crippen LogP contribution in [0.25, 0.3) is 10.9 Å². The maximum Gasteiger partial charge on any atom is 0.140 e. The highest BCUT2D eigenvalue weighted by Crippen LogP contribution is 2.33. The number of benzene rings is 1. The summed E-state index contributed by atoms with van der Waals surface area (Å²) in [4.78, 5) is 3.83. The molecule has 0 saturated heterocycles. The highest BCUT2D eigenvalue weighted by Gasteiger charge is 2.06. The fourth-order valence-electron chi connectivity index (χ4n) is 1.27. The molecule has 0 bridgehead atoms. The van der Waals surface area contributed by atoms with Crippen molar-refractivity contribution < 1.29 is 4.39 Å². The van der Waals surface area contributed by atoms with Crippen LogP contribution in [0.3, 0.4) is 0 Å². The Hall–Kier alpha value is -0.670. The molecule has 0 spiro atoms. The summed E-state index contributed by atoms with van der Waals surface area (Å²) in [5.74, 6) is 0. The van der Waals surface area contributed by atoms with E-state index in [1.807, 2.05) is 18.3 Å². The Kier molecular flexibility index (Phi) is 2.47. The van der Waals surface area contributed by atoms with Crippen LogP contribution in [0.2, 0.25) is 5.02 Å². The molecule has 2 aromatic rings. The van der Waals surface area contributed by atoms with Crippen molar-refractivity contribution >= 4 is 34.3 Å². The third-order valence-electron chi connectivity index (χ3n) is 1.83. The molecule has 0 aliphatic heterocycles. The quantitative estimate of drug-likeness (QED) is 0.753. The molecule has 1 nitrogen and oxygen atoms in total. The Bertz CT molecular complexity index is 426. The van der Waals surface area contributed by atoms with Gasteiger partial charge in [0, 0.05) is 11.6 Å². The Morgan fingerprint density at radius 3 is 3.00 bits per heavy atom. The van der Waals surface area contributed by atoms with Crippen molar-refractivity contribution in [3.05, 3.63) is 29.4 Å². The van der Waals surface area contributed by atoms with Crippen LogP contribution >= 0.6 is 23.4 Å². The standard InChI is InChI=1S/C9H7ClFNS/c10-7-2-1-6-3-4-12-8(6)9(7)13-5-11/h1-4,12H,5H2. The Labute approximate surface area is 84.3 Å². The Morgan fingerprint density at radius 1 is 1.38 bits per heavy atom. The lowest BCUT2D eigenvalue weighted by Crippen LogP contribution is -1.78. The highest BCUT2D eigenvalue weighted by atomic mass is 35.5. The van der Waals surface area contributed by atoms with Crippen LogP contribution in [0.15, 0.2) is 29.3 Å². The first-order valence-corrected chi connectivity index (χ1v) is 5.13. The van der Waals surface area contributed by atoms with Crippen molar-refractivity contribution in [1.82, 2.24) is 4.98 Å². The zero-order chi connectivity index (χ0) is 9.26. The molecule has 0 aliphatic rings. The number of nitrogens with one attached hydrogen (secondary N) is 1. The van der Waals surface area contributed by atoms with Crippen LogP contribution in [0.4, 0.5) is 4.39 Å². The van der Waals surface area contributed by atoms with E-state index in [1.54, 1.807) is 6.07 Å². The van der Waals surface area contributed by atoms with Crippen LogP contribution < -0.4 is 0 Å². The van der Waals surface area contributed by atoms with Crippen molar-refractivity contribution in [2.24, 2.45) is 0 Å². The molecular formula is C9H7ClFNS. The number of hydrogen-bond donors (Lipinski definition) is 1. The van der Waals surface area contributed by atoms with Gasteiger partial charge in [-0.2, -0.15) is 0 Å². The maximum absolute atomic E-state index is 12.2. The molecule has 13 heavy (non-hydrogen) atoms. The highest BCUT2D eigenvalue weighted by molar-refractivity contribution is 7.99. The van der Waals surface area contributed by atoms with Gasteiger partial charge >= 0.3 is 0 Å². The molecule has 0 fully saturated rings. The number of alkyl halides is 1. The summed E-state index contributed by atoms with van der Waals surface area (Å²) in [6.45, 7) is 0. The first-order valence-electron chi connectivity index (χ1n) is 3.77. The predicted octanol–water partition coefficient (Wildman–Crippen LogP) is 3.84. The summed E-state index contributed by atoms with van der Waals surface area (Å²) in [6, 6.07) is 5.18. The second-order valence-electron chi connectivity index (χ2n) is 2.57. The van der Waals surface area contributed by atoms with E-state index in [1.165, 1.54) is 0 Å². The lowest BCUT2D eigenvalue weighted by molar-refractivity contribution is 0.606. The first-order chi connectivity index (χ1) is 6.33. The van der Waals surface area contributed by atoms with Crippen molar-refractivity contribution in [2.45, 2.75) is 4.90 Å². The minimum Gasteiger partial charge on any atom is -0.360 e. The molecule has 68 valence electrons. The Balaban J connectivity index is 2.66.